The molecule has 1 aliphatic rings. The van der Waals surface area contributed by atoms with Gasteiger partial charge in [0, 0.05) is 19.6 Å². The van der Waals surface area contributed by atoms with E-state index in [-0.39, 0.29) is 28.9 Å². The van der Waals surface area contributed by atoms with Crippen molar-refractivity contribution in [3.63, 3.8) is 0 Å². The first-order valence-electron chi connectivity index (χ1n) is 16.7. The third kappa shape index (κ3) is 11.0. The van der Waals surface area contributed by atoms with Gasteiger partial charge in [-0.25, -0.2) is 4.98 Å². The van der Waals surface area contributed by atoms with Gasteiger partial charge in [0.2, 0.25) is 11.9 Å². The summed E-state index contributed by atoms with van der Waals surface area (Å²) in [6, 6.07) is 0. The van der Waals surface area contributed by atoms with Crippen molar-refractivity contribution >= 4 is 23.0 Å². The molecule has 11 heteroatoms. The molecule has 3 rings (SSSR count). The summed E-state index contributed by atoms with van der Waals surface area (Å²) in [5.41, 5.74) is -0.115. The normalized spacial score (nSPS) is 20.4. The Kier molecular flexibility index (Phi) is 15.6. The van der Waals surface area contributed by atoms with E-state index in [0.29, 0.717) is 6.54 Å². The van der Waals surface area contributed by atoms with Crippen LogP contribution in [-0.2, 0) is 14.3 Å². The Labute approximate surface area is 256 Å². The lowest BCUT2D eigenvalue weighted by Gasteiger charge is -2.20. The Hall–Kier alpha value is -2.34. The number of amides is 1. The standard InChI is InChI=1S/C32H56N6O5/c1-5-6-7-8-9-10-11-12-13-14-15-16-17-18-19-20-33-21-24-26(39)27(42-4)31(43-24)38-22-34-25-28(38)35-32(37-30(25)41)36-29(40)23(2)3/h22-24,26-27,31,33,39H,5-21H2,1-4H3,(H2,35,36,37,40,41)/t24-,26-,27-,31-/m1/s1. The second-order valence-electron chi connectivity index (χ2n) is 12.3. The summed E-state index contributed by atoms with van der Waals surface area (Å²) in [5, 5.41) is 17.0. The number of fused-ring (bicyclic) bond motifs is 1. The van der Waals surface area contributed by atoms with Crippen molar-refractivity contribution in [3.05, 3.63) is 16.7 Å². The fraction of sp³-hybridized carbons (Fsp3) is 0.812. The van der Waals surface area contributed by atoms with E-state index in [2.05, 4.69) is 32.5 Å². The van der Waals surface area contributed by atoms with Crippen molar-refractivity contribution in [2.45, 2.75) is 142 Å². The highest BCUT2D eigenvalue weighted by Gasteiger charge is 2.45. The number of nitrogens with zero attached hydrogens (tertiary/aromatic N) is 3. The maximum Gasteiger partial charge on any atom is 0.280 e. The number of carbonyl (C=O) groups is 1. The second-order valence-corrected chi connectivity index (χ2v) is 12.3. The smallest absolute Gasteiger partial charge is 0.280 e. The minimum absolute atomic E-state index is 0.0344. The topological polar surface area (TPSA) is 143 Å². The van der Waals surface area contributed by atoms with E-state index in [1.807, 2.05) is 0 Å². The highest BCUT2D eigenvalue weighted by molar-refractivity contribution is 5.91. The minimum atomic E-state index is -0.872. The van der Waals surface area contributed by atoms with Gasteiger partial charge in [0.1, 0.15) is 18.3 Å². The molecule has 4 atom stereocenters. The number of nitrogens with one attached hydrogen (secondary N) is 3. The lowest BCUT2D eigenvalue weighted by atomic mass is 10.0. The van der Waals surface area contributed by atoms with Gasteiger partial charge in [0.25, 0.3) is 5.56 Å². The van der Waals surface area contributed by atoms with Gasteiger partial charge < -0.3 is 19.9 Å². The van der Waals surface area contributed by atoms with E-state index in [4.69, 9.17) is 9.47 Å². The molecule has 11 nitrogen and oxygen atoms in total. The van der Waals surface area contributed by atoms with Crippen molar-refractivity contribution in [2.24, 2.45) is 5.92 Å². The fourth-order valence-corrected chi connectivity index (χ4v) is 5.66. The molecular weight excluding hydrogens is 548 g/mol. The van der Waals surface area contributed by atoms with Crippen LogP contribution in [0.4, 0.5) is 5.95 Å². The van der Waals surface area contributed by atoms with Gasteiger partial charge >= 0.3 is 0 Å². The molecule has 2 aromatic rings. The molecular formula is C32H56N6O5. The number of hydrogen-bond donors (Lipinski definition) is 4. The molecule has 1 amide bonds. The van der Waals surface area contributed by atoms with Crippen LogP contribution in [0.3, 0.4) is 0 Å². The summed E-state index contributed by atoms with van der Waals surface area (Å²) in [6.07, 6.45) is 18.7. The van der Waals surface area contributed by atoms with Gasteiger partial charge in [-0.15, -0.1) is 0 Å². The summed E-state index contributed by atoms with van der Waals surface area (Å²) in [5.74, 6) is -0.511. The van der Waals surface area contributed by atoms with Gasteiger partial charge in [-0.2, -0.15) is 4.98 Å². The molecule has 1 fully saturated rings. The summed E-state index contributed by atoms with van der Waals surface area (Å²) >= 11 is 0. The van der Waals surface area contributed by atoms with Gasteiger partial charge in [0.15, 0.2) is 17.4 Å². The number of H-pyrrole nitrogens is 1. The summed E-state index contributed by atoms with van der Waals surface area (Å²) < 4.78 is 13.4. The van der Waals surface area contributed by atoms with E-state index >= 15 is 0 Å². The maximum atomic E-state index is 12.6. The highest BCUT2D eigenvalue weighted by Crippen LogP contribution is 2.33. The maximum absolute atomic E-state index is 12.6. The van der Waals surface area contributed by atoms with Crippen molar-refractivity contribution in [1.29, 1.82) is 0 Å². The molecule has 0 unspecified atom stereocenters. The first-order valence-corrected chi connectivity index (χ1v) is 16.7. The number of unbranched alkanes of at least 4 members (excludes halogenated alkanes) is 14. The number of hydrogen-bond acceptors (Lipinski definition) is 8. The Morgan fingerprint density at radius 3 is 2.16 bits per heavy atom. The van der Waals surface area contributed by atoms with Crippen molar-refractivity contribution in [3.8, 4) is 0 Å². The van der Waals surface area contributed by atoms with E-state index < -0.39 is 30.1 Å². The number of anilines is 1. The van der Waals surface area contributed by atoms with Gasteiger partial charge in [-0.3, -0.25) is 24.5 Å². The van der Waals surface area contributed by atoms with Crippen LogP contribution in [0.5, 0.6) is 0 Å². The van der Waals surface area contributed by atoms with Gasteiger partial charge in [0.05, 0.1) is 6.33 Å². The third-order valence-electron chi connectivity index (χ3n) is 8.36. The average molecular weight is 605 g/mol. The largest absolute Gasteiger partial charge is 0.387 e. The van der Waals surface area contributed by atoms with E-state index in [1.165, 1.54) is 103 Å². The molecule has 244 valence electrons. The van der Waals surface area contributed by atoms with Crippen LogP contribution in [0.1, 0.15) is 123 Å². The number of ether oxygens (including phenoxy) is 2. The zero-order valence-electron chi connectivity index (χ0n) is 26.9. The van der Waals surface area contributed by atoms with Gasteiger partial charge in [-0.1, -0.05) is 111 Å². The second kappa shape index (κ2) is 19.1. The fourth-order valence-electron chi connectivity index (χ4n) is 5.66. The van der Waals surface area contributed by atoms with Gasteiger partial charge in [-0.05, 0) is 13.0 Å². The summed E-state index contributed by atoms with van der Waals surface area (Å²) in [7, 11) is 1.52. The molecule has 0 aromatic carbocycles. The average Bonchev–Trinajstić information content (AvgIpc) is 3.55. The molecule has 3 heterocycles. The van der Waals surface area contributed by atoms with Crippen molar-refractivity contribution < 1.29 is 19.4 Å². The minimum Gasteiger partial charge on any atom is -0.387 e. The number of methoxy groups -OCH3 is 1. The number of imidazole rings is 1. The molecule has 0 radical (unpaired) electrons. The SMILES string of the molecule is CCCCCCCCCCCCCCCCCNC[C@H]1O[C@@H](n2cnc3c(=O)[nH]c(NC(=O)C(C)C)nc32)[C@H](OC)[C@@H]1O. The molecule has 1 saturated heterocycles. The van der Waals surface area contributed by atoms with Crippen LogP contribution in [0.25, 0.3) is 11.2 Å². The first-order chi connectivity index (χ1) is 20.9. The number of aliphatic hydroxyl groups is 1. The third-order valence-corrected chi connectivity index (χ3v) is 8.36. The molecule has 0 bridgehead atoms. The molecule has 0 saturated carbocycles. The number of aromatic amines is 1. The quantitative estimate of drug-likeness (QED) is 0.130. The lowest BCUT2D eigenvalue weighted by molar-refractivity contribution is -0.118. The van der Waals surface area contributed by atoms with Crippen LogP contribution < -0.4 is 16.2 Å². The Balaban J connectivity index is 1.34. The number of aliphatic hydroxyl groups excluding tert-OH is 1. The van der Waals surface area contributed by atoms with E-state index in [9.17, 15) is 14.7 Å². The van der Waals surface area contributed by atoms with Crippen LogP contribution in [0.2, 0.25) is 0 Å². The summed E-state index contributed by atoms with van der Waals surface area (Å²) in [4.78, 5) is 35.9. The highest BCUT2D eigenvalue weighted by atomic mass is 16.6. The van der Waals surface area contributed by atoms with Crippen molar-refractivity contribution in [2.75, 3.05) is 25.5 Å². The number of rotatable bonds is 22. The predicted molar refractivity (Wildman–Crippen MR) is 170 cm³/mol. The van der Waals surface area contributed by atoms with Crippen LogP contribution in [-0.4, -0.2) is 69.0 Å². The molecule has 2 aromatic heterocycles. The number of aromatic nitrogens is 4. The molecule has 43 heavy (non-hydrogen) atoms. The van der Waals surface area contributed by atoms with Crippen molar-refractivity contribution in [1.82, 2.24) is 24.8 Å². The predicted octanol–water partition coefficient (Wildman–Crippen LogP) is 5.45. The monoisotopic (exact) mass is 604 g/mol. The molecule has 0 aliphatic carbocycles. The zero-order valence-corrected chi connectivity index (χ0v) is 26.9. The van der Waals surface area contributed by atoms with E-state index in [1.54, 1.807) is 18.4 Å². The number of carbonyl (C=O) groups excluding carboxylic acids is 1. The van der Waals surface area contributed by atoms with Crippen LogP contribution in [0.15, 0.2) is 11.1 Å². The van der Waals surface area contributed by atoms with Crippen LogP contribution in [0, 0.1) is 5.92 Å². The molecule has 1 aliphatic heterocycles. The molecule has 0 spiro atoms. The van der Waals surface area contributed by atoms with E-state index in [0.717, 1.165) is 13.0 Å². The first kappa shape index (κ1) is 35.1. The lowest BCUT2D eigenvalue weighted by Crippen LogP contribution is -2.38. The Bertz CT molecular complexity index is 1140. The zero-order chi connectivity index (χ0) is 31.0. The summed E-state index contributed by atoms with van der Waals surface area (Å²) in [6.45, 7) is 7.11. The Morgan fingerprint density at radius 1 is 1.02 bits per heavy atom. The van der Waals surface area contributed by atoms with Crippen LogP contribution >= 0.6 is 0 Å². The Morgan fingerprint density at radius 2 is 1.60 bits per heavy atom. The molecule has 4 N–H and O–H groups in total.